The lowest BCUT2D eigenvalue weighted by Gasteiger charge is -2.01. The zero-order valence-electron chi connectivity index (χ0n) is 11.0. The summed E-state index contributed by atoms with van der Waals surface area (Å²) in [7, 11) is 0. The van der Waals surface area contributed by atoms with E-state index in [9.17, 15) is 4.79 Å². The molecule has 108 valence electrons. The molecule has 0 bridgehead atoms. The smallest absolute Gasteiger partial charge is 0.273 e. The minimum Gasteiger partial charge on any atom is -0.461 e. The van der Waals surface area contributed by atoms with E-state index in [1.807, 2.05) is 0 Å². The van der Waals surface area contributed by atoms with Crippen molar-refractivity contribution in [1.29, 1.82) is 0 Å². The quantitative estimate of drug-likeness (QED) is 0.666. The van der Waals surface area contributed by atoms with Crippen molar-refractivity contribution in [1.82, 2.24) is 30.7 Å². The summed E-state index contributed by atoms with van der Waals surface area (Å²) in [5.74, 6) is 0.638. The van der Waals surface area contributed by atoms with Crippen LogP contribution in [0.2, 0.25) is 0 Å². The molecule has 21 heavy (non-hydrogen) atoms. The van der Waals surface area contributed by atoms with Crippen LogP contribution >= 0.6 is 0 Å². The van der Waals surface area contributed by atoms with Crippen LogP contribution in [0.15, 0.2) is 39.7 Å². The fourth-order valence-corrected chi connectivity index (χ4v) is 1.72. The third-order valence-electron chi connectivity index (χ3n) is 2.72. The topological polar surface area (TPSA) is 112 Å². The summed E-state index contributed by atoms with van der Waals surface area (Å²) in [5.41, 5.74) is 0.209. The Kier molecular flexibility index (Phi) is 3.72. The Morgan fingerprint density at radius 1 is 1.38 bits per heavy atom. The normalized spacial score (nSPS) is 10.7. The van der Waals surface area contributed by atoms with E-state index >= 15 is 0 Å². The highest BCUT2D eigenvalue weighted by Gasteiger charge is 2.14. The molecule has 0 saturated carbocycles. The molecule has 3 rings (SSSR count). The van der Waals surface area contributed by atoms with Crippen molar-refractivity contribution < 1.29 is 13.7 Å². The first-order chi connectivity index (χ1) is 10.3. The van der Waals surface area contributed by atoms with Crippen molar-refractivity contribution in [3.63, 3.8) is 0 Å². The number of carbonyl (C=O) groups is 1. The molecule has 3 aromatic heterocycles. The Labute approximate surface area is 118 Å². The van der Waals surface area contributed by atoms with Gasteiger partial charge >= 0.3 is 0 Å². The van der Waals surface area contributed by atoms with Crippen LogP contribution in [-0.2, 0) is 6.54 Å². The molecule has 0 aliphatic rings. The molecule has 0 saturated heterocycles. The summed E-state index contributed by atoms with van der Waals surface area (Å²) < 4.78 is 10.2. The standard InChI is InChI=1S/C12H12N6O3/c19-12(13-4-2-5-18-15-8-14-17-18)9-7-11(21-16-9)10-3-1-6-20-10/h1,3,6-8H,2,4-5H2,(H,13,19). The number of tetrazole rings is 1. The molecule has 9 nitrogen and oxygen atoms in total. The molecular weight excluding hydrogens is 276 g/mol. The van der Waals surface area contributed by atoms with Crippen molar-refractivity contribution in [2.75, 3.05) is 6.54 Å². The van der Waals surface area contributed by atoms with Crippen molar-refractivity contribution in [2.45, 2.75) is 13.0 Å². The lowest BCUT2D eigenvalue weighted by Crippen LogP contribution is -2.25. The number of furan rings is 1. The van der Waals surface area contributed by atoms with Crippen molar-refractivity contribution in [3.05, 3.63) is 36.5 Å². The maximum atomic E-state index is 11.9. The second-order valence-corrected chi connectivity index (χ2v) is 4.19. The van der Waals surface area contributed by atoms with Crippen LogP contribution in [0.4, 0.5) is 0 Å². The second kappa shape index (κ2) is 5.99. The molecule has 1 N–H and O–H groups in total. The van der Waals surface area contributed by atoms with Crippen LogP contribution in [0, 0.1) is 0 Å². The number of amides is 1. The number of hydrogen-bond acceptors (Lipinski definition) is 7. The van der Waals surface area contributed by atoms with Gasteiger partial charge in [-0.15, -0.1) is 10.2 Å². The van der Waals surface area contributed by atoms with Gasteiger partial charge in [0.25, 0.3) is 5.91 Å². The summed E-state index contributed by atoms with van der Waals surface area (Å²) in [6.07, 6.45) is 3.57. The average molecular weight is 288 g/mol. The second-order valence-electron chi connectivity index (χ2n) is 4.19. The number of aryl methyl sites for hydroxylation is 1. The van der Waals surface area contributed by atoms with Crippen molar-refractivity contribution >= 4 is 5.91 Å². The Morgan fingerprint density at radius 3 is 3.10 bits per heavy atom. The molecule has 0 aromatic carbocycles. The number of nitrogens with one attached hydrogen (secondary N) is 1. The highest BCUT2D eigenvalue weighted by molar-refractivity contribution is 5.92. The van der Waals surface area contributed by atoms with Crippen LogP contribution in [0.1, 0.15) is 16.9 Å². The molecule has 0 fully saturated rings. The maximum Gasteiger partial charge on any atom is 0.273 e. The Balaban J connectivity index is 1.49. The summed E-state index contributed by atoms with van der Waals surface area (Å²) >= 11 is 0. The maximum absolute atomic E-state index is 11.9. The van der Waals surface area contributed by atoms with Crippen molar-refractivity contribution in [3.8, 4) is 11.5 Å². The van der Waals surface area contributed by atoms with Gasteiger partial charge in [-0.1, -0.05) is 5.16 Å². The lowest BCUT2D eigenvalue weighted by atomic mass is 10.3. The molecule has 0 spiro atoms. The highest BCUT2D eigenvalue weighted by Crippen LogP contribution is 2.20. The first kappa shape index (κ1) is 13.0. The van der Waals surface area contributed by atoms with Gasteiger partial charge in [0.1, 0.15) is 0 Å². The van der Waals surface area contributed by atoms with E-state index < -0.39 is 0 Å². The van der Waals surface area contributed by atoms with Gasteiger partial charge in [0.05, 0.1) is 12.8 Å². The largest absolute Gasteiger partial charge is 0.461 e. The molecule has 9 heteroatoms. The average Bonchev–Trinajstić information content (AvgIpc) is 3.25. The first-order valence-corrected chi connectivity index (χ1v) is 6.32. The Morgan fingerprint density at radius 2 is 2.33 bits per heavy atom. The molecule has 0 radical (unpaired) electrons. The third-order valence-corrected chi connectivity index (χ3v) is 2.72. The number of hydrogen-bond donors (Lipinski definition) is 1. The summed E-state index contributed by atoms with van der Waals surface area (Å²) in [5, 5.41) is 17.6. The van der Waals surface area contributed by atoms with Gasteiger partial charge in [0, 0.05) is 12.6 Å². The summed E-state index contributed by atoms with van der Waals surface area (Å²) in [6, 6.07) is 5.00. The fraction of sp³-hybridized carbons (Fsp3) is 0.250. The molecule has 0 aliphatic heterocycles. The van der Waals surface area contributed by atoms with E-state index in [4.69, 9.17) is 8.94 Å². The number of nitrogens with zero attached hydrogens (tertiary/aromatic N) is 5. The van der Waals surface area contributed by atoms with E-state index in [-0.39, 0.29) is 11.6 Å². The van der Waals surface area contributed by atoms with Crippen molar-refractivity contribution in [2.24, 2.45) is 0 Å². The number of carbonyl (C=O) groups excluding carboxylic acids is 1. The molecule has 1 amide bonds. The van der Waals surface area contributed by atoms with E-state index in [0.29, 0.717) is 31.0 Å². The van der Waals surface area contributed by atoms with E-state index in [1.54, 1.807) is 12.1 Å². The Bertz CT molecular complexity index is 688. The van der Waals surface area contributed by atoms with Crippen LogP contribution in [-0.4, -0.2) is 37.8 Å². The SMILES string of the molecule is O=C(NCCCn1ncnn1)c1cc(-c2ccco2)on1. The van der Waals surface area contributed by atoms with E-state index in [2.05, 4.69) is 25.9 Å². The lowest BCUT2D eigenvalue weighted by molar-refractivity contribution is 0.0943. The van der Waals surface area contributed by atoms with E-state index in [1.165, 1.54) is 23.5 Å². The van der Waals surface area contributed by atoms with Gasteiger partial charge in [-0.05, 0) is 23.8 Å². The number of aromatic nitrogens is 5. The van der Waals surface area contributed by atoms with Gasteiger partial charge in [0.15, 0.2) is 17.8 Å². The molecule has 3 heterocycles. The predicted octanol–water partition coefficient (Wildman–Crippen LogP) is 0.741. The van der Waals surface area contributed by atoms with Gasteiger partial charge in [0.2, 0.25) is 5.76 Å². The van der Waals surface area contributed by atoms with E-state index in [0.717, 1.165) is 0 Å². The van der Waals surface area contributed by atoms with Crippen LogP contribution in [0.3, 0.4) is 0 Å². The van der Waals surface area contributed by atoms with Gasteiger partial charge < -0.3 is 14.3 Å². The molecule has 0 unspecified atom stereocenters. The van der Waals surface area contributed by atoms with Crippen LogP contribution in [0.25, 0.3) is 11.5 Å². The summed E-state index contributed by atoms with van der Waals surface area (Å²) in [4.78, 5) is 13.3. The fourth-order valence-electron chi connectivity index (χ4n) is 1.72. The summed E-state index contributed by atoms with van der Waals surface area (Å²) in [6.45, 7) is 1.06. The minimum atomic E-state index is -0.303. The highest BCUT2D eigenvalue weighted by atomic mass is 16.5. The molecular formula is C12H12N6O3. The first-order valence-electron chi connectivity index (χ1n) is 6.32. The molecule has 0 atom stereocenters. The van der Waals surface area contributed by atoms with Gasteiger partial charge in [-0.2, -0.15) is 4.80 Å². The zero-order chi connectivity index (χ0) is 14.5. The predicted molar refractivity (Wildman–Crippen MR) is 69.0 cm³/mol. The number of rotatable bonds is 6. The molecule has 3 aromatic rings. The third kappa shape index (κ3) is 3.14. The van der Waals surface area contributed by atoms with Gasteiger partial charge in [-0.3, -0.25) is 4.79 Å². The molecule has 0 aliphatic carbocycles. The van der Waals surface area contributed by atoms with Crippen LogP contribution < -0.4 is 5.32 Å². The zero-order valence-corrected chi connectivity index (χ0v) is 11.0. The minimum absolute atomic E-state index is 0.209. The van der Waals surface area contributed by atoms with Gasteiger partial charge in [-0.25, -0.2) is 0 Å². The Hall–Kier alpha value is -2.97. The monoisotopic (exact) mass is 288 g/mol. The van der Waals surface area contributed by atoms with Crippen LogP contribution in [0.5, 0.6) is 0 Å².